The van der Waals surface area contributed by atoms with Gasteiger partial charge in [0.05, 0.1) is 24.1 Å². The van der Waals surface area contributed by atoms with Gasteiger partial charge in [0, 0.05) is 16.8 Å². The third-order valence-electron chi connectivity index (χ3n) is 6.06. The second-order valence-electron chi connectivity index (χ2n) is 8.58. The summed E-state index contributed by atoms with van der Waals surface area (Å²) in [5.74, 6) is -0.147. The minimum Gasteiger partial charge on any atom is -0.497 e. The fourth-order valence-electron chi connectivity index (χ4n) is 4.20. The first kappa shape index (κ1) is 23.8. The van der Waals surface area contributed by atoms with E-state index in [1.54, 1.807) is 73.8 Å². The van der Waals surface area contributed by atoms with E-state index in [1.807, 2.05) is 31.2 Å². The highest BCUT2D eigenvalue weighted by atomic mass is 19.1. The normalized spacial score (nSPS) is 10.8. The van der Waals surface area contributed by atoms with Crippen LogP contribution < -0.4 is 15.6 Å². The molecule has 37 heavy (non-hydrogen) atoms. The number of rotatable bonds is 6. The van der Waals surface area contributed by atoms with Gasteiger partial charge in [-0.15, -0.1) is 0 Å². The van der Waals surface area contributed by atoms with Gasteiger partial charge in [0.2, 0.25) is 0 Å². The average molecular weight is 494 g/mol. The Balaban J connectivity index is 1.54. The fraction of sp³-hybridized carbons (Fsp3) is 0.0667. The monoisotopic (exact) mass is 493 g/mol. The van der Waals surface area contributed by atoms with Crippen LogP contribution in [0.2, 0.25) is 0 Å². The first-order chi connectivity index (χ1) is 17.9. The molecule has 0 saturated heterocycles. The average Bonchev–Trinajstić information content (AvgIpc) is 3.26. The van der Waals surface area contributed by atoms with Crippen LogP contribution in [0.25, 0.3) is 28.1 Å². The van der Waals surface area contributed by atoms with Crippen LogP contribution in [0.5, 0.6) is 5.75 Å². The summed E-state index contributed by atoms with van der Waals surface area (Å²) in [5, 5.41) is 5.96. The summed E-state index contributed by atoms with van der Waals surface area (Å²) in [5.41, 5.74) is 3.92. The summed E-state index contributed by atoms with van der Waals surface area (Å²) in [6.45, 7) is 1.94. The molecule has 6 nitrogen and oxygen atoms in total. The van der Waals surface area contributed by atoms with E-state index >= 15 is 0 Å². The number of hydrogen-bond donors (Lipinski definition) is 2. The first-order valence-electron chi connectivity index (χ1n) is 11.7. The molecule has 0 saturated carbocycles. The van der Waals surface area contributed by atoms with Gasteiger partial charge in [0.25, 0.3) is 11.5 Å². The number of benzene rings is 4. The van der Waals surface area contributed by atoms with Crippen LogP contribution in [0.1, 0.15) is 15.9 Å². The molecule has 7 heteroatoms. The minimum atomic E-state index is -0.441. The van der Waals surface area contributed by atoms with E-state index in [4.69, 9.17) is 4.74 Å². The van der Waals surface area contributed by atoms with Crippen LogP contribution in [0.4, 0.5) is 10.1 Å². The Morgan fingerprint density at radius 1 is 0.919 bits per heavy atom. The third-order valence-corrected chi connectivity index (χ3v) is 6.06. The molecule has 5 rings (SSSR count). The van der Waals surface area contributed by atoms with Crippen molar-refractivity contribution >= 4 is 11.6 Å². The SMILES string of the molecule is COc1cccc(C(=O)Nc2ccc(-c3c(-c4ccccc4F)[nH]n(-c4cccc(C)c4)c3=O)cc2)c1. The summed E-state index contributed by atoms with van der Waals surface area (Å²) in [4.78, 5) is 26.3. The maximum absolute atomic E-state index is 14.8. The van der Waals surface area contributed by atoms with Crippen LogP contribution in [0.15, 0.2) is 102 Å². The highest BCUT2D eigenvalue weighted by molar-refractivity contribution is 6.04. The van der Waals surface area contributed by atoms with Crippen molar-refractivity contribution in [1.82, 2.24) is 9.78 Å². The second kappa shape index (κ2) is 9.99. The van der Waals surface area contributed by atoms with E-state index < -0.39 is 5.82 Å². The highest BCUT2D eigenvalue weighted by Crippen LogP contribution is 2.31. The number of halogens is 1. The van der Waals surface area contributed by atoms with E-state index in [-0.39, 0.29) is 17.0 Å². The van der Waals surface area contributed by atoms with Crippen LogP contribution in [0, 0.1) is 12.7 Å². The molecule has 1 aromatic heterocycles. The molecule has 0 aliphatic rings. The maximum Gasteiger partial charge on any atom is 0.279 e. The van der Waals surface area contributed by atoms with Gasteiger partial charge in [-0.3, -0.25) is 14.7 Å². The van der Waals surface area contributed by atoms with Crippen molar-refractivity contribution < 1.29 is 13.9 Å². The van der Waals surface area contributed by atoms with Gasteiger partial charge in [-0.25, -0.2) is 9.07 Å². The number of H-pyrrole nitrogens is 1. The topological polar surface area (TPSA) is 76.1 Å². The van der Waals surface area contributed by atoms with Crippen molar-refractivity contribution in [3.63, 3.8) is 0 Å². The van der Waals surface area contributed by atoms with E-state index in [1.165, 1.54) is 10.7 Å². The lowest BCUT2D eigenvalue weighted by atomic mass is 10.0. The Hall–Kier alpha value is -4.91. The molecule has 0 spiro atoms. The van der Waals surface area contributed by atoms with Gasteiger partial charge in [-0.1, -0.05) is 42.5 Å². The molecule has 4 aromatic carbocycles. The first-order valence-corrected chi connectivity index (χ1v) is 11.7. The number of aromatic nitrogens is 2. The lowest BCUT2D eigenvalue weighted by molar-refractivity contribution is 0.102. The Bertz CT molecular complexity index is 1650. The molecule has 5 aromatic rings. The van der Waals surface area contributed by atoms with E-state index in [0.717, 1.165) is 5.56 Å². The third kappa shape index (κ3) is 4.79. The number of ether oxygens (including phenoxy) is 1. The molecule has 2 N–H and O–H groups in total. The summed E-state index contributed by atoms with van der Waals surface area (Å²) in [6, 6.07) is 27.6. The quantitative estimate of drug-likeness (QED) is 0.295. The van der Waals surface area contributed by atoms with E-state index in [0.29, 0.717) is 39.5 Å². The summed E-state index contributed by atoms with van der Waals surface area (Å²) < 4.78 is 21.4. The van der Waals surface area contributed by atoms with Gasteiger partial charge in [0.1, 0.15) is 11.6 Å². The molecule has 0 radical (unpaired) electrons. The highest BCUT2D eigenvalue weighted by Gasteiger charge is 2.21. The van der Waals surface area contributed by atoms with Crippen molar-refractivity contribution in [2.75, 3.05) is 12.4 Å². The Morgan fingerprint density at radius 2 is 1.68 bits per heavy atom. The molecular formula is C30H24FN3O3. The smallest absolute Gasteiger partial charge is 0.279 e. The van der Waals surface area contributed by atoms with Crippen molar-refractivity contribution in [2.45, 2.75) is 6.92 Å². The van der Waals surface area contributed by atoms with Gasteiger partial charge < -0.3 is 10.1 Å². The van der Waals surface area contributed by atoms with Crippen LogP contribution in [-0.2, 0) is 0 Å². The number of aryl methyl sites for hydroxylation is 1. The lowest BCUT2D eigenvalue weighted by Gasteiger charge is -2.08. The molecule has 0 fully saturated rings. The molecule has 0 atom stereocenters. The number of nitrogens with zero attached hydrogens (tertiary/aromatic N) is 1. The molecular weight excluding hydrogens is 469 g/mol. The molecule has 0 aliphatic carbocycles. The van der Waals surface area contributed by atoms with Crippen LogP contribution in [-0.4, -0.2) is 22.8 Å². The number of carbonyl (C=O) groups excluding carboxylic acids is 1. The van der Waals surface area contributed by atoms with Gasteiger partial charge in [-0.2, -0.15) is 0 Å². The largest absolute Gasteiger partial charge is 0.497 e. The van der Waals surface area contributed by atoms with E-state index in [2.05, 4.69) is 10.4 Å². The Labute approximate surface area is 213 Å². The molecule has 184 valence electrons. The lowest BCUT2D eigenvalue weighted by Crippen LogP contribution is -2.15. The fourth-order valence-corrected chi connectivity index (χ4v) is 4.20. The number of hydrogen-bond acceptors (Lipinski definition) is 3. The number of nitrogens with one attached hydrogen (secondary N) is 2. The number of carbonyl (C=O) groups is 1. The van der Waals surface area contributed by atoms with Crippen molar-refractivity contribution in [3.05, 3.63) is 124 Å². The summed E-state index contributed by atoms with van der Waals surface area (Å²) >= 11 is 0. The standard InChI is InChI=1S/C30H24FN3O3/c1-19-7-5-9-23(17-19)34-30(36)27(28(33-34)25-11-3-4-12-26(25)31)20-13-15-22(16-14-20)32-29(35)21-8-6-10-24(18-21)37-2/h3-18,33H,1-2H3,(H,32,35). The second-order valence-corrected chi connectivity index (χ2v) is 8.58. The molecule has 0 unspecified atom stereocenters. The zero-order valence-corrected chi connectivity index (χ0v) is 20.3. The number of methoxy groups -OCH3 is 1. The molecule has 0 aliphatic heterocycles. The van der Waals surface area contributed by atoms with Gasteiger partial charge in [0.15, 0.2) is 0 Å². The van der Waals surface area contributed by atoms with Crippen molar-refractivity contribution in [1.29, 1.82) is 0 Å². The van der Waals surface area contributed by atoms with Crippen molar-refractivity contribution in [2.24, 2.45) is 0 Å². The number of amides is 1. The zero-order valence-electron chi connectivity index (χ0n) is 20.3. The molecule has 0 bridgehead atoms. The van der Waals surface area contributed by atoms with Crippen LogP contribution in [0.3, 0.4) is 0 Å². The minimum absolute atomic E-state index is 0.288. The van der Waals surface area contributed by atoms with E-state index in [9.17, 15) is 14.0 Å². The summed E-state index contributed by atoms with van der Waals surface area (Å²) in [7, 11) is 1.54. The maximum atomic E-state index is 14.8. The predicted octanol–water partition coefficient (Wildman–Crippen LogP) is 6.21. The Kier molecular flexibility index (Phi) is 6.43. The Morgan fingerprint density at radius 3 is 2.41 bits per heavy atom. The van der Waals surface area contributed by atoms with Gasteiger partial charge in [-0.05, 0) is 72.6 Å². The predicted molar refractivity (Wildman–Crippen MR) is 143 cm³/mol. The van der Waals surface area contributed by atoms with Gasteiger partial charge >= 0.3 is 0 Å². The van der Waals surface area contributed by atoms with Crippen molar-refractivity contribution in [3.8, 4) is 33.8 Å². The molecule has 1 heterocycles. The molecule has 1 amide bonds. The number of aromatic amines is 1. The number of anilines is 1. The zero-order chi connectivity index (χ0) is 25.9. The van der Waals surface area contributed by atoms with Crippen LogP contribution >= 0.6 is 0 Å². The summed E-state index contributed by atoms with van der Waals surface area (Å²) in [6.07, 6.45) is 0.